The predicted octanol–water partition coefficient (Wildman–Crippen LogP) is 2.60. The van der Waals surface area contributed by atoms with E-state index < -0.39 is 17.5 Å². The molecule has 126 valence electrons. The van der Waals surface area contributed by atoms with Crippen LogP contribution >= 0.6 is 0 Å². The van der Waals surface area contributed by atoms with Gasteiger partial charge in [0.05, 0.1) is 23.9 Å². The number of alkyl halides is 3. The lowest BCUT2D eigenvalue weighted by atomic mass is 10.0. The van der Waals surface area contributed by atoms with Crippen LogP contribution in [0.4, 0.5) is 19.0 Å². The van der Waals surface area contributed by atoms with Gasteiger partial charge in [0.15, 0.2) is 0 Å². The number of pyridine rings is 1. The number of nitrogens with zero attached hydrogens (tertiary/aromatic N) is 3. The Bertz CT molecular complexity index is 611. The topological polar surface area (TPSA) is 58.4 Å². The Morgan fingerprint density at radius 3 is 2.74 bits per heavy atom. The van der Waals surface area contributed by atoms with E-state index in [0.29, 0.717) is 19.7 Å². The van der Waals surface area contributed by atoms with Crippen LogP contribution in [0, 0.1) is 11.3 Å². The van der Waals surface area contributed by atoms with Gasteiger partial charge in [-0.15, -0.1) is 0 Å². The number of nitriles is 1. The van der Waals surface area contributed by atoms with Crippen molar-refractivity contribution < 1.29 is 22.6 Å². The van der Waals surface area contributed by atoms with Crippen molar-refractivity contribution in [2.75, 3.05) is 31.7 Å². The van der Waals surface area contributed by atoms with Crippen molar-refractivity contribution >= 4 is 5.82 Å². The van der Waals surface area contributed by atoms with E-state index in [-0.39, 0.29) is 17.5 Å². The average Bonchev–Trinajstić information content (AvgIpc) is 2.44. The average molecular weight is 329 g/mol. The van der Waals surface area contributed by atoms with E-state index in [0.717, 1.165) is 12.1 Å². The minimum Gasteiger partial charge on any atom is -0.382 e. The van der Waals surface area contributed by atoms with Crippen molar-refractivity contribution in [1.29, 1.82) is 5.26 Å². The molecule has 0 saturated carbocycles. The zero-order valence-corrected chi connectivity index (χ0v) is 13.1. The molecule has 0 unspecified atom stereocenters. The van der Waals surface area contributed by atoms with Crippen LogP contribution in [0.2, 0.25) is 0 Å². The van der Waals surface area contributed by atoms with Crippen LogP contribution in [0.1, 0.15) is 25.1 Å². The second-order valence-electron chi connectivity index (χ2n) is 6.01. The van der Waals surface area contributed by atoms with Crippen LogP contribution in [-0.2, 0) is 15.7 Å². The Labute approximate surface area is 132 Å². The second-order valence-corrected chi connectivity index (χ2v) is 6.01. The molecule has 0 amide bonds. The largest absolute Gasteiger partial charge is 0.433 e. The summed E-state index contributed by atoms with van der Waals surface area (Å²) in [5, 5.41) is 9.19. The molecule has 0 spiro atoms. The molecule has 1 atom stereocenters. The van der Waals surface area contributed by atoms with Crippen molar-refractivity contribution in [3.8, 4) is 6.07 Å². The third-order valence-corrected chi connectivity index (χ3v) is 3.42. The summed E-state index contributed by atoms with van der Waals surface area (Å²) >= 11 is 0. The third-order valence-electron chi connectivity index (χ3n) is 3.42. The maximum atomic E-state index is 12.9. The first kappa shape index (κ1) is 17.5. The van der Waals surface area contributed by atoms with Gasteiger partial charge in [0.25, 0.3) is 0 Å². The molecule has 1 fully saturated rings. The Hall–Kier alpha value is -1.85. The molecule has 1 aromatic rings. The quantitative estimate of drug-likeness (QED) is 0.853. The van der Waals surface area contributed by atoms with Crippen LogP contribution in [0.5, 0.6) is 0 Å². The highest BCUT2D eigenvalue weighted by atomic mass is 19.4. The van der Waals surface area contributed by atoms with Crippen molar-refractivity contribution in [2.24, 2.45) is 0 Å². The zero-order valence-electron chi connectivity index (χ0n) is 13.1. The van der Waals surface area contributed by atoms with Crippen LogP contribution in [0.15, 0.2) is 12.1 Å². The van der Waals surface area contributed by atoms with Crippen molar-refractivity contribution in [3.05, 3.63) is 23.4 Å². The molecule has 1 aliphatic rings. The van der Waals surface area contributed by atoms with Crippen LogP contribution in [0.3, 0.4) is 0 Å². The summed E-state index contributed by atoms with van der Waals surface area (Å²) in [5.74, 6) is 0.0276. The lowest BCUT2D eigenvalue weighted by Crippen LogP contribution is -2.54. The molecule has 0 aliphatic carbocycles. The van der Waals surface area contributed by atoms with E-state index >= 15 is 0 Å². The molecule has 0 aromatic carbocycles. The maximum Gasteiger partial charge on any atom is 0.433 e. The summed E-state index contributed by atoms with van der Waals surface area (Å²) in [5.41, 5.74) is -1.50. The number of methoxy groups -OCH3 is 1. The molecular formula is C15H18F3N3O2. The van der Waals surface area contributed by atoms with Gasteiger partial charge >= 0.3 is 6.18 Å². The summed E-state index contributed by atoms with van der Waals surface area (Å²) in [6.07, 6.45) is -4.87. The van der Waals surface area contributed by atoms with Crippen molar-refractivity contribution in [1.82, 2.24) is 4.98 Å². The first-order valence-corrected chi connectivity index (χ1v) is 7.06. The molecule has 8 heteroatoms. The molecule has 0 radical (unpaired) electrons. The summed E-state index contributed by atoms with van der Waals surface area (Å²) in [6, 6.07) is 3.87. The van der Waals surface area contributed by atoms with E-state index in [9.17, 15) is 18.4 Å². The van der Waals surface area contributed by atoms with Gasteiger partial charge in [-0.2, -0.15) is 18.4 Å². The fourth-order valence-corrected chi connectivity index (χ4v) is 2.66. The molecule has 0 N–H and O–H groups in total. The van der Waals surface area contributed by atoms with Crippen molar-refractivity contribution in [3.63, 3.8) is 0 Å². The highest BCUT2D eigenvalue weighted by Gasteiger charge is 2.37. The number of morpholine rings is 1. The monoisotopic (exact) mass is 329 g/mol. The fraction of sp³-hybridized carbons (Fsp3) is 0.600. The lowest BCUT2D eigenvalue weighted by Gasteiger charge is -2.43. The molecule has 1 aliphatic heterocycles. The van der Waals surface area contributed by atoms with Gasteiger partial charge in [-0.05, 0) is 26.0 Å². The zero-order chi connectivity index (χ0) is 17.3. The number of hydrogen-bond donors (Lipinski definition) is 0. The third kappa shape index (κ3) is 4.12. The molecule has 1 saturated heterocycles. The summed E-state index contributed by atoms with van der Waals surface area (Å²) in [7, 11) is 1.53. The first-order valence-electron chi connectivity index (χ1n) is 7.06. The van der Waals surface area contributed by atoms with Gasteiger partial charge in [0.2, 0.25) is 0 Å². The number of aromatic nitrogens is 1. The molecule has 5 nitrogen and oxygen atoms in total. The van der Waals surface area contributed by atoms with Crippen LogP contribution in [0.25, 0.3) is 0 Å². The number of ether oxygens (including phenoxy) is 2. The minimum atomic E-state index is -4.56. The molecule has 2 rings (SSSR count). The van der Waals surface area contributed by atoms with E-state index in [2.05, 4.69) is 4.98 Å². The van der Waals surface area contributed by atoms with E-state index in [4.69, 9.17) is 9.47 Å². The Morgan fingerprint density at radius 2 is 2.17 bits per heavy atom. The fourth-order valence-electron chi connectivity index (χ4n) is 2.66. The van der Waals surface area contributed by atoms with Crippen LogP contribution in [-0.4, -0.2) is 43.5 Å². The normalized spacial score (nSPS) is 21.1. The summed E-state index contributed by atoms with van der Waals surface area (Å²) in [4.78, 5) is 5.33. The van der Waals surface area contributed by atoms with E-state index in [1.807, 2.05) is 19.9 Å². The standard InChI is InChI=1S/C15H18F3N3O2/c1-14(2)9-21(7-11(23-14)8-22-3)13-10(6-19)4-5-12(20-13)15(16,17)18/h4-5,11H,7-9H2,1-3H3/t11-/m1/s1. The highest BCUT2D eigenvalue weighted by Crippen LogP contribution is 2.32. The minimum absolute atomic E-state index is 0.0276. The maximum absolute atomic E-state index is 12.9. The lowest BCUT2D eigenvalue weighted by molar-refractivity contribution is -0.141. The molecular weight excluding hydrogens is 311 g/mol. The molecule has 0 bridgehead atoms. The Balaban J connectivity index is 2.40. The van der Waals surface area contributed by atoms with Gasteiger partial charge in [-0.25, -0.2) is 4.98 Å². The Morgan fingerprint density at radius 1 is 1.48 bits per heavy atom. The van der Waals surface area contributed by atoms with Gasteiger partial charge in [-0.1, -0.05) is 0 Å². The second kappa shape index (κ2) is 6.34. The van der Waals surface area contributed by atoms with Crippen LogP contribution < -0.4 is 4.90 Å². The number of rotatable bonds is 3. The number of halogens is 3. The van der Waals surface area contributed by atoms with E-state index in [1.54, 1.807) is 4.90 Å². The van der Waals surface area contributed by atoms with Gasteiger partial charge < -0.3 is 14.4 Å². The highest BCUT2D eigenvalue weighted by molar-refractivity contribution is 5.55. The smallest absolute Gasteiger partial charge is 0.382 e. The van der Waals surface area contributed by atoms with Gasteiger partial charge in [0.1, 0.15) is 17.6 Å². The molecule has 1 aromatic heterocycles. The summed E-state index contributed by atoms with van der Waals surface area (Å²) < 4.78 is 49.6. The van der Waals surface area contributed by atoms with Crippen molar-refractivity contribution in [2.45, 2.75) is 31.7 Å². The molecule has 2 heterocycles. The molecule has 23 heavy (non-hydrogen) atoms. The number of anilines is 1. The Kier molecular flexibility index (Phi) is 4.82. The SMILES string of the molecule is COC[C@H]1CN(c2nc(C(F)(F)F)ccc2C#N)CC(C)(C)O1. The van der Waals surface area contributed by atoms with E-state index in [1.165, 1.54) is 7.11 Å². The van der Waals surface area contributed by atoms with Gasteiger partial charge in [0, 0.05) is 20.2 Å². The predicted molar refractivity (Wildman–Crippen MR) is 77.0 cm³/mol. The van der Waals surface area contributed by atoms with Gasteiger partial charge in [-0.3, -0.25) is 0 Å². The first-order chi connectivity index (χ1) is 10.7. The summed E-state index contributed by atoms with van der Waals surface area (Å²) in [6.45, 7) is 4.61. The number of hydrogen-bond acceptors (Lipinski definition) is 5.